The number of hydrogen-bond acceptors (Lipinski definition) is 9. The summed E-state index contributed by atoms with van der Waals surface area (Å²) >= 11 is 0. The molecule has 5 rings (SSSR count). The number of benzene rings is 1. The first-order chi connectivity index (χ1) is 17.5. The molecule has 198 valence electrons. The molecule has 3 aromatic rings. The molecule has 11 nitrogen and oxygen atoms in total. The molecule has 1 aromatic carbocycles. The van der Waals surface area contributed by atoms with Crippen LogP contribution in [0.15, 0.2) is 35.3 Å². The molecule has 1 fully saturated rings. The summed E-state index contributed by atoms with van der Waals surface area (Å²) in [5, 5.41) is 11.3. The van der Waals surface area contributed by atoms with Crippen LogP contribution in [0.25, 0.3) is 22.3 Å². The second-order valence-electron chi connectivity index (χ2n) is 9.47. The lowest BCUT2D eigenvalue weighted by Gasteiger charge is -2.28. The maximum absolute atomic E-state index is 14.9. The summed E-state index contributed by atoms with van der Waals surface area (Å²) in [7, 11) is -2.89. The Morgan fingerprint density at radius 2 is 1.86 bits per heavy atom. The fourth-order valence-electron chi connectivity index (χ4n) is 4.66. The molecule has 0 saturated heterocycles. The SMILES string of the molecule is CC(C)N1C=C(C2CCC(Oc3ncnc4c(-c5cc(F)c(S(N)(=O)=O)cc5F)n(C)nc34)CC2)ON1. The molecule has 14 heteroatoms. The molecule has 1 saturated carbocycles. The molecule has 3 N–H and O–H groups in total. The Kier molecular flexibility index (Phi) is 6.50. The minimum atomic E-state index is -4.43. The number of aromatic nitrogens is 4. The van der Waals surface area contributed by atoms with E-state index >= 15 is 0 Å². The average molecular weight is 536 g/mol. The summed E-state index contributed by atoms with van der Waals surface area (Å²) in [6.07, 6.45) is 6.43. The molecular formula is C23H27F2N7O4S. The number of nitrogens with zero attached hydrogens (tertiary/aromatic N) is 5. The second-order valence-corrected chi connectivity index (χ2v) is 11.0. The van der Waals surface area contributed by atoms with Gasteiger partial charge in [0.05, 0.1) is 11.9 Å². The van der Waals surface area contributed by atoms with Crippen molar-refractivity contribution >= 4 is 21.1 Å². The Balaban J connectivity index is 1.38. The van der Waals surface area contributed by atoms with Gasteiger partial charge in [0.15, 0.2) is 5.52 Å². The number of nitrogens with one attached hydrogen (secondary N) is 1. The van der Waals surface area contributed by atoms with Crippen molar-refractivity contribution in [3.05, 3.63) is 42.1 Å². The van der Waals surface area contributed by atoms with Gasteiger partial charge in [-0.3, -0.25) is 9.69 Å². The van der Waals surface area contributed by atoms with Crippen molar-refractivity contribution < 1.29 is 26.8 Å². The zero-order valence-corrected chi connectivity index (χ0v) is 21.3. The highest BCUT2D eigenvalue weighted by molar-refractivity contribution is 7.89. The third kappa shape index (κ3) is 4.83. The quantitative estimate of drug-likeness (QED) is 0.488. The number of halogens is 2. The predicted molar refractivity (Wildman–Crippen MR) is 129 cm³/mol. The summed E-state index contributed by atoms with van der Waals surface area (Å²) in [6.45, 7) is 4.13. The van der Waals surface area contributed by atoms with Gasteiger partial charge in [-0.15, -0.1) is 0 Å². The standard InChI is InChI=1S/C23H27F2N7O4S/c1-12(2)32-10-18(36-30-32)13-4-6-14(7-5-13)35-23-21-20(27-11-28-23)22(31(3)29-21)15-8-17(25)19(9-16(15)24)37(26,33)34/h8-14,30H,4-7H2,1-3H3,(H2,26,33,34). The number of fused-ring (bicyclic) bond motifs is 1. The second kappa shape index (κ2) is 9.50. The van der Waals surface area contributed by atoms with Gasteiger partial charge in [0.2, 0.25) is 15.9 Å². The van der Waals surface area contributed by atoms with Crippen LogP contribution < -0.4 is 15.5 Å². The maximum Gasteiger partial charge on any atom is 0.245 e. The lowest BCUT2D eigenvalue weighted by Crippen LogP contribution is -2.33. The number of aryl methyl sites for hydroxylation is 1. The fourth-order valence-corrected chi connectivity index (χ4v) is 5.26. The topological polar surface area (TPSA) is 137 Å². The first-order valence-electron chi connectivity index (χ1n) is 11.8. The van der Waals surface area contributed by atoms with Gasteiger partial charge >= 0.3 is 0 Å². The van der Waals surface area contributed by atoms with E-state index in [1.54, 1.807) is 7.05 Å². The first-order valence-corrected chi connectivity index (χ1v) is 13.4. The Bertz CT molecular complexity index is 1480. The van der Waals surface area contributed by atoms with Gasteiger partial charge in [0.1, 0.15) is 40.2 Å². The molecule has 2 aromatic heterocycles. The van der Waals surface area contributed by atoms with Crippen LogP contribution in [0.4, 0.5) is 8.78 Å². The third-order valence-corrected chi connectivity index (χ3v) is 7.54. The van der Waals surface area contributed by atoms with E-state index in [0.717, 1.165) is 37.5 Å². The Labute approximate surface area is 212 Å². The van der Waals surface area contributed by atoms with Crippen LogP contribution in [-0.4, -0.2) is 45.3 Å². The minimum Gasteiger partial charge on any atom is -0.473 e. The fraction of sp³-hybridized carbons (Fsp3) is 0.435. The molecule has 2 aliphatic rings. The molecular weight excluding hydrogens is 508 g/mol. The molecule has 0 radical (unpaired) electrons. The van der Waals surface area contributed by atoms with Crippen molar-refractivity contribution in [1.82, 2.24) is 30.3 Å². The van der Waals surface area contributed by atoms with Crippen molar-refractivity contribution in [2.45, 2.75) is 56.6 Å². The van der Waals surface area contributed by atoms with E-state index in [2.05, 4.69) is 34.5 Å². The van der Waals surface area contributed by atoms with Gasteiger partial charge in [-0.05, 0) is 51.7 Å². The Morgan fingerprint density at radius 3 is 2.51 bits per heavy atom. The van der Waals surface area contributed by atoms with Crippen molar-refractivity contribution in [1.29, 1.82) is 0 Å². The molecule has 3 heterocycles. The summed E-state index contributed by atoms with van der Waals surface area (Å²) in [5.74, 6) is -0.733. The molecule has 1 aliphatic carbocycles. The third-order valence-electron chi connectivity index (χ3n) is 6.62. The first kappa shape index (κ1) is 25.3. The molecule has 37 heavy (non-hydrogen) atoms. The normalized spacial score (nSPS) is 20.4. The minimum absolute atomic E-state index is 0.112. The number of nitrogens with two attached hydrogens (primary N) is 1. The number of allylic oxidation sites excluding steroid dienone is 1. The smallest absolute Gasteiger partial charge is 0.245 e. The summed E-state index contributed by atoms with van der Waals surface area (Å²) < 4.78 is 60.0. The van der Waals surface area contributed by atoms with E-state index in [4.69, 9.17) is 14.7 Å². The van der Waals surface area contributed by atoms with E-state index in [1.165, 1.54) is 11.0 Å². The molecule has 0 spiro atoms. The van der Waals surface area contributed by atoms with Crippen molar-refractivity contribution in [2.75, 3.05) is 0 Å². The van der Waals surface area contributed by atoms with Crippen LogP contribution in [0.2, 0.25) is 0 Å². The van der Waals surface area contributed by atoms with E-state index < -0.39 is 26.6 Å². The highest BCUT2D eigenvalue weighted by atomic mass is 32.2. The molecule has 0 bridgehead atoms. The summed E-state index contributed by atoms with van der Waals surface area (Å²) in [5.41, 5.74) is 3.38. The lowest BCUT2D eigenvalue weighted by atomic mass is 9.86. The zero-order valence-electron chi connectivity index (χ0n) is 20.5. The largest absolute Gasteiger partial charge is 0.473 e. The van der Waals surface area contributed by atoms with E-state index in [-0.39, 0.29) is 46.2 Å². The van der Waals surface area contributed by atoms with Gasteiger partial charge in [0, 0.05) is 24.6 Å². The molecule has 0 amide bonds. The van der Waals surface area contributed by atoms with Crippen LogP contribution in [0.5, 0.6) is 5.88 Å². The number of sulfonamides is 1. The van der Waals surface area contributed by atoms with Crippen molar-refractivity contribution in [3.8, 4) is 17.1 Å². The maximum atomic E-state index is 14.9. The van der Waals surface area contributed by atoms with Gasteiger partial charge in [-0.2, -0.15) is 10.1 Å². The predicted octanol–water partition coefficient (Wildman–Crippen LogP) is 2.90. The van der Waals surface area contributed by atoms with E-state index in [0.29, 0.717) is 6.07 Å². The highest BCUT2D eigenvalue weighted by Crippen LogP contribution is 2.37. The average Bonchev–Trinajstić information content (AvgIpc) is 3.46. The zero-order chi connectivity index (χ0) is 26.5. The van der Waals surface area contributed by atoms with Crippen molar-refractivity contribution in [2.24, 2.45) is 18.1 Å². The molecule has 0 unspecified atom stereocenters. The number of primary sulfonamides is 1. The van der Waals surface area contributed by atoms with Crippen LogP contribution in [0.1, 0.15) is 39.5 Å². The molecule has 1 aliphatic heterocycles. The number of hydrazine groups is 1. The van der Waals surface area contributed by atoms with E-state index in [1.807, 2.05) is 11.2 Å². The number of rotatable bonds is 6. The van der Waals surface area contributed by atoms with Crippen molar-refractivity contribution in [3.63, 3.8) is 0 Å². The Morgan fingerprint density at radius 1 is 1.14 bits per heavy atom. The van der Waals surface area contributed by atoms with Crippen LogP contribution in [0, 0.1) is 17.6 Å². The lowest BCUT2D eigenvalue weighted by molar-refractivity contribution is -0.00844. The summed E-state index contributed by atoms with van der Waals surface area (Å²) in [4.78, 5) is 13.2. The van der Waals surface area contributed by atoms with Crippen LogP contribution in [-0.2, 0) is 21.9 Å². The van der Waals surface area contributed by atoms with Crippen LogP contribution in [0.3, 0.4) is 0 Å². The monoisotopic (exact) mass is 535 g/mol. The number of hydrogen-bond donors (Lipinski definition) is 2. The van der Waals surface area contributed by atoms with Crippen LogP contribution >= 0.6 is 0 Å². The summed E-state index contributed by atoms with van der Waals surface area (Å²) in [6, 6.07) is 1.59. The molecule has 0 atom stereocenters. The van der Waals surface area contributed by atoms with Gasteiger partial charge in [0.25, 0.3) is 0 Å². The van der Waals surface area contributed by atoms with Gasteiger partial charge in [-0.1, -0.05) is 5.59 Å². The highest BCUT2D eigenvalue weighted by Gasteiger charge is 2.31. The van der Waals surface area contributed by atoms with E-state index in [9.17, 15) is 17.2 Å². The van der Waals surface area contributed by atoms with Gasteiger partial charge < -0.3 is 9.57 Å². The number of ether oxygens (including phenoxy) is 1. The Hall–Kier alpha value is -3.36. The van der Waals surface area contributed by atoms with Gasteiger partial charge in [-0.25, -0.2) is 27.3 Å².